The first-order valence-corrected chi connectivity index (χ1v) is 6.61. The van der Waals surface area contributed by atoms with Gasteiger partial charge < -0.3 is 9.42 Å². The van der Waals surface area contributed by atoms with Crippen molar-refractivity contribution in [2.24, 2.45) is 5.41 Å². The summed E-state index contributed by atoms with van der Waals surface area (Å²) in [5.74, 6) is 1.37. The Morgan fingerprint density at radius 2 is 2.06 bits per heavy atom. The number of hydrogen-bond acceptors (Lipinski definition) is 3. The predicted molar refractivity (Wildman–Crippen MR) is 67.4 cm³/mol. The van der Waals surface area contributed by atoms with Gasteiger partial charge in [-0.3, -0.25) is 4.79 Å². The third kappa shape index (κ3) is 1.51. The van der Waals surface area contributed by atoms with Crippen molar-refractivity contribution in [3.05, 3.63) is 17.5 Å². The minimum atomic E-state index is -0.122. The molecule has 98 valence electrons. The van der Waals surface area contributed by atoms with Gasteiger partial charge >= 0.3 is 0 Å². The fourth-order valence-electron chi connectivity index (χ4n) is 2.47. The first-order valence-electron chi connectivity index (χ1n) is 6.61. The lowest BCUT2D eigenvalue weighted by Gasteiger charge is -2.61. The number of carbonyl (C=O) groups excluding carboxylic acids is 1. The zero-order chi connectivity index (χ0) is 13.1. The van der Waals surface area contributed by atoms with Crippen LogP contribution in [0.5, 0.6) is 0 Å². The third-order valence-electron chi connectivity index (χ3n) is 4.86. The molecule has 2 heterocycles. The highest BCUT2D eigenvalue weighted by Crippen LogP contribution is 2.47. The van der Waals surface area contributed by atoms with Crippen molar-refractivity contribution < 1.29 is 9.32 Å². The first kappa shape index (κ1) is 11.8. The molecule has 0 N–H and O–H groups in total. The topological polar surface area (TPSA) is 46.3 Å². The van der Waals surface area contributed by atoms with E-state index >= 15 is 0 Å². The largest absolute Gasteiger partial charge is 0.360 e. The van der Waals surface area contributed by atoms with Gasteiger partial charge in [-0.05, 0) is 26.7 Å². The third-order valence-corrected chi connectivity index (χ3v) is 4.86. The molecule has 0 atom stereocenters. The van der Waals surface area contributed by atoms with E-state index in [1.165, 1.54) is 0 Å². The second-order valence-electron chi connectivity index (χ2n) is 6.72. The predicted octanol–water partition coefficient (Wildman–Crippen LogP) is 2.81. The Morgan fingerprint density at radius 1 is 1.39 bits per heavy atom. The van der Waals surface area contributed by atoms with Gasteiger partial charge in [0.05, 0.1) is 0 Å². The summed E-state index contributed by atoms with van der Waals surface area (Å²) in [7, 11) is 0. The SMILES string of the molecule is CC1(C)CN(C(=O)c2cc(C3CC3)on2)C1(C)C. The maximum Gasteiger partial charge on any atom is 0.276 e. The zero-order valence-corrected chi connectivity index (χ0v) is 11.5. The van der Waals surface area contributed by atoms with Crippen molar-refractivity contribution in [1.82, 2.24) is 10.1 Å². The number of nitrogens with zero attached hydrogens (tertiary/aromatic N) is 2. The van der Waals surface area contributed by atoms with Crippen LogP contribution in [0.15, 0.2) is 10.6 Å². The minimum absolute atomic E-state index is 0.00465. The van der Waals surface area contributed by atoms with Crippen LogP contribution in [-0.4, -0.2) is 28.0 Å². The van der Waals surface area contributed by atoms with E-state index in [1.807, 2.05) is 11.0 Å². The van der Waals surface area contributed by atoms with Crippen LogP contribution in [0.1, 0.15) is 62.7 Å². The molecule has 4 heteroatoms. The van der Waals surface area contributed by atoms with Crippen LogP contribution in [0.25, 0.3) is 0 Å². The van der Waals surface area contributed by atoms with E-state index < -0.39 is 0 Å². The van der Waals surface area contributed by atoms with Crippen LogP contribution < -0.4 is 0 Å². The molecule has 4 nitrogen and oxygen atoms in total. The highest BCUT2D eigenvalue weighted by molar-refractivity contribution is 5.93. The van der Waals surface area contributed by atoms with Gasteiger partial charge in [0.2, 0.25) is 0 Å². The van der Waals surface area contributed by atoms with Crippen LogP contribution >= 0.6 is 0 Å². The van der Waals surface area contributed by atoms with Crippen molar-refractivity contribution in [2.75, 3.05) is 6.54 Å². The number of likely N-dealkylation sites (tertiary alicyclic amines) is 1. The number of hydrogen-bond donors (Lipinski definition) is 0. The van der Waals surface area contributed by atoms with Crippen molar-refractivity contribution in [3.8, 4) is 0 Å². The first-order chi connectivity index (χ1) is 8.33. The molecule has 1 aromatic rings. The molecular weight excluding hydrogens is 228 g/mol. The standard InChI is InChI=1S/C14H20N2O2/c1-13(2)8-16(14(13,3)4)12(17)10-7-11(18-15-10)9-5-6-9/h7,9H,5-6,8H2,1-4H3. The molecule has 1 aliphatic heterocycles. The van der Waals surface area contributed by atoms with Gasteiger partial charge in [0.15, 0.2) is 5.69 Å². The molecule has 2 aliphatic rings. The highest BCUT2D eigenvalue weighted by Gasteiger charge is 2.55. The van der Waals surface area contributed by atoms with E-state index in [0.717, 1.165) is 25.1 Å². The van der Waals surface area contributed by atoms with Crippen molar-refractivity contribution in [1.29, 1.82) is 0 Å². The number of amides is 1. The average molecular weight is 248 g/mol. The second kappa shape index (κ2) is 3.37. The molecule has 1 saturated heterocycles. The molecule has 0 radical (unpaired) electrons. The van der Waals surface area contributed by atoms with Crippen molar-refractivity contribution in [2.45, 2.75) is 52.0 Å². The lowest BCUT2D eigenvalue weighted by atomic mass is 9.65. The maximum absolute atomic E-state index is 12.4. The summed E-state index contributed by atoms with van der Waals surface area (Å²) < 4.78 is 5.25. The molecule has 1 saturated carbocycles. The average Bonchev–Trinajstić information content (AvgIpc) is 3.03. The Hall–Kier alpha value is -1.32. The molecule has 1 aromatic heterocycles. The van der Waals surface area contributed by atoms with Crippen LogP contribution in [0.3, 0.4) is 0 Å². The van der Waals surface area contributed by atoms with Gasteiger partial charge in [0.25, 0.3) is 5.91 Å². The van der Waals surface area contributed by atoms with Crippen LogP contribution in [-0.2, 0) is 0 Å². The molecule has 0 unspecified atom stereocenters. The van der Waals surface area contributed by atoms with E-state index in [-0.39, 0.29) is 16.9 Å². The van der Waals surface area contributed by atoms with Gasteiger partial charge in [0, 0.05) is 29.5 Å². The smallest absolute Gasteiger partial charge is 0.276 e. The summed E-state index contributed by atoms with van der Waals surface area (Å²) in [6.07, 6.45) is 2.32. The fourth-order valence-corrected chi connectivity index (χ4v) is 2.47. The molecular formula is C14H20N2O2. The minimum Gasteiger partial charge on any atom is -0.360 e. The molecule has 1 amide bonds. The summed E-state index contributed by atoms with van der Waals surface area (Å²) >= 11 is 0. The molecule has 0 spiro atoms. The van der Waals surface area contributed by atoms with Crippen LogP contribution in [0, 0.1) is 5.41 Å². The van der Waals surface area contributed by atoms with E-state index in [2.05, 4.69) is 32.9 Å². The Labute approximate surface area is 107 Å². The lowest BCUT2D eigenvalue weighted by Crippen LogP contribution is -2.70. The van der Waals surface area contributed by atoms with Gasteiger partial charge in [-0.2, -0.15) is 0 Å². The van der Waals surface area contributed by atoms with Crippen molar-refractivity contribution >= 4 is 5.91 Å². The molecule has 2 fully saturated rings. The van der Waals surface area contributed by atoms with E-state index in [4.69, 9.17) is 4.52 Å². The Kier molecular flexibility index (Phi) is 2.20. The van der Waals surface area contributed by atoms with Gasteiger partial charge in [-0.1, -0.05) is 19.0 Å². The molecule has 3 rings (SSSR count). The van der Waals surface area contributed by atoms with E-state index in [0.29, 0.717) is 11.6 Å². The summed E-state index contributed by atoms with van der Waals surface area (Å²) in [6.45, 7) is 9.38. The van der Waals surface area contributed by atoms with Gasteiger partial charge in [0.1, 0.15) is 5.76 Å². The number of rotatable bonds is 2. The van der Waals surface area contributed by atoms with Gasteiger partial charge in [-0.25, -0.2) is 0 Å². The number of carbonyl (C=O) groups is 1. The zero-order valence-electron chi connectivity index (χ0n) is 11.5. The van der Waals surface area contributed by atoms with E-state index in [9.17, 15) is 4.79 Å². The molecule has 0 bridgehead atoms. The monoisotopic (exact) mass is 248 g/mol. The summed E-state index contributed by atoms with van der Waals surface area (Å²) in [4.78, 5) is 14.3. The molecule has 18 heavy (non-hydrogen) atoms. The van der Waals surface area contributed by atoms with Crippen LogP contribution in [0.2, 0.25) is 0 Å². The molecule has 1 aliphatic carbocycles. The van der Waals surface area contributed by atoms with Crippen LogP contribution in [0.4, 0.5) is 0 Å². The van der Waals surface area contributed by atoms with Gasteiger partial charge in [-0.15, -0.1) is 0 Å². The van der Waals surface area contributed by atoms with E-state index in [1.54, 1.807) is 0 Å². The highest BCUT2D eigenvalue weighted by atomic mass is 16.5. The normalized spacial score (nSPS) is 24.8. The summed E-state index contributed by atoms with van der Waals surface area (Å²) in [5, 5.41) is 3.93. The van der Waals surface area contributed by atoms with Crippen molar-refractivity contribution in [3.63, 3.8) is 0 Å². The summed E-state index contributed by atoms with van der Waals surface area (Å²) in [5.41, 5.74) is 0.495. The molecule has 0 aromatic carbocycles. The number of aromatic nitrogens is 1. The Balaban J connectivity index is 1.79. The maximum atomic E-state index is 12.4. The summed E-state index contributed by atoms with van der Waals surface area (Å²) in [6, 6.07) is 1.82. The quantitative estimate of drug-likeness (QED) is 0.808. The Bertz CT molecular complexity index is 498. The fraction of sp³-hybridized carbons (Fsp3) is 0.714. The lowest BCUT2D eigenvalue weighted by molar-refractivity contribution is -0.0885. The Morgan fingerprint density at radius 3 is 2.56 bits per heavy atom. The second-order valence-corrected chi connectivity index (χ2v) is 6.72.